The van der Waals surface area contributed by atoms with Gasteiger partial charge in [-0.3, -0.25) is 0 Å². The Kier molecular flexibility index (Phi) is 17.8. The molecule has 7 nitrogen and oxygen atoms in total. The summed E-state index contributed by atoms with van der Waals surface area (Å²) in [5, 5.41) is 0. The first kappa shape index (κ1) is 54.1. The minimum Gasteiger partial charge on any atom is -0.494 e. The molecule has 0 heterocycles. The minimum absolute atomic E-state index is 0.0245. The number of rotatable bonds is 24. The van der Waals surface area contributed by atoms with E-state index in [1.165, 1.54) is 18.2 Å². The highest BCUT2D eigenvalue weighted by atomic mass is 19.4. The Labute approximate surface area is 360 Å². The van der Waals surface area contributed by atoms with Crippen LogP contribution in [0.1, 0.15) is 92.4 Å². The largest absolute Gasteiger partial charge is 0.494 e. The Hall–Kier alpha value is -5.25. The SMILES string of the molecule is CCCCCC[C@H](C)OC(=O)c1ccc(OC(=O)c2ccc(-c3ccc(OCCCCCCOC(=O)C(F)(F)C(F)(F)C(F)(F)C(F)(F)C(F)(F)C(F)(F)C(F)(F)F)cc3)cc2)cc1F. The van der Waals surface area contributed by atoms with Crippen LogP contribution in [0.25, 0.3) is 11.1 Å². The van der Waals surface area contributed by atoms with Crippen LogP contribution in [0.15, 0.2) is 66.7 Å². The lowest BCUT2D eigenvalue weighted by atomic mass is 9.91. The average Bonchev–Trinajstić information content (AvgIpc) is 3.22. The van der Waals surface area contributed by atoms with Crippen molar-refractivity contribution in [3.05, 3.63) is 83.7 Å². The molecule has 0 aliphatic carbocycles. The molecule has 65 heavy (non-hydrogen) atoms. The fourth-order valence-electron chi connectivity index (χ4n) is 5.69. The van der Waals surface area contributed by atoms with E-state index < -0.39 is 84.6 Å². The molecule has 3 aromatic carbocycles. The number of carbonyl (C=O) groups is 3. The van der Waals surface area contributed by atoms with Crippen molar-refractivity contribution in [2.45, 2.75) is 119 Å². The summed E-state index contributed by atoms with van der Waals surface area (Å²) in [5.41, 5.74) is 1.13. The fraction of sp³-hybridized carbons (Fsp3) is 0.500. The number of unbranched alkanes of at least 4 members (excludes halogenated alkanes) is 6. The van der Waals surface area contributed by atoms with Crippen LogP contribution in [0.2, 0.25) is 0 Å². The van der Waals surface area contributed by atoms with Gasteiger partial charge in [-0.15, -0.1) is 0 Å². The van der Waals surface area contributed by atoms with Crippen molar-refractivity contribution in [1.82, 2.24) is 0 Å². The van der Waals surface area contributed by atoms with Crippen LogP contribution in [-0.4, -0.2) is 78.9 Å². The van der Waals surface area contributed by atoms with Gasteiger partial charge < -0.3 is 18.9 Å². The molecule has 0 aliphatic heterocycles. The Bertz CT molecular complexity index is 2050. The maximum absolute atomic E-state index is 14.7. The highest BCUT2D eigenvalue weighted by Crippen LogP contribution is 2.62. The zero-order chi connectivity index (χ0) is 49.2. The lowest BCUT2D eigenvalue weighted by molar-refractivity contribution is -0.450. The Balaban J connectivity index is 1.43. The molecule has 3 aromatic rings. The van der Waals surface area contributed by atoms with E-state index in [0.29, 0.717) is 23.3 Å². The smallest absolute Gasteiger partial charge is 0.460 e. The van der Waals surface area contributed by atoms with Crippen molar-refractivity contribution < 1.29 is 104 Å². The molecule has 0 N–H and O–H groups in total. The summed E-state index contributed by atoms with van der Waals surface area (Å²) >= 11 is 0. The zero-order valence-corrected chi connectivity index (χ0v) is 34.1. The molecule has 0 radical (unpaired) electrons. The molecule has 0 amide bonds. The van der Waals surface area contributed by atoms with E-state index in [9.17, 15) is 84.6 Å². The third kappa shape index (κ3) is 12.2. The normalized spacial score (nSPS) is 13.6. The second-order valence-electron chi connectivity index (χ2n) is 14.5. The first-order valence-electron chi connectivity index (χ1n) is 19.5. The molecule has 0 fully saturated rings. The molecular formula is C42H40F16O7. The van der Waals surface area contributed by atoms with E-state index in [1.807, 2.05) is 0 Å². The summed E-state index contributed by atoms with van der Waals surface area (Å²) in [6.45, 7) is 2.55. The fourth-order valence-corrected chi connectivity index (χ4v) is 5.69. The molecule has 0 aliphatic rings. The van der Waals surface area contributed by atoms with Gasteiger partial charge in [0.05, 0.1) is 30.4 Å². The second kappa shape index (κ2) is 21.4. The Morgan fingerprint density at radius 3 is 1.58 bits per heavy atom. The molecule has 3 rings (SSSR count). The molecule has 1 atom stereocenters. The van der Waals surface area contributed by atoms with Gasteiger partial charge in [-0.2, -0.15) is 65.9 Å². The standard InChI is InChI=1S/C42H40F16O7/c1-3-4-5-8-11-25(2)64-34(60)31-21-20-30(24-32(31)43)65-33(59)28-14-12-26(13-15-28)27-16-18-29(19-17-27)62-22-9-6-7-10-23-63-35(61)36(44,45)37(46,47)38(48,49)39(50,51)40(52,53)41(54,55)42(56,57)58/h12-21,24-25H,3-11,22-23H2,1-2H3/t25-/m0/s1. The van der Waals surface area contributed by atoms with Crippen molar-refractivity contribution in [2.24, 2.45) is 0 Å². The Morgan fingerprint density at radius 2 is 1.05 bits per heavy atom. The number of hydrogen-bond donors (Lipinski definition) is 0. The van der Waals surface area contributed by atoms with Crippen LogP contribution in [-0.2, 0) is 14.3 Å². The number of carbonyl (C=O) groups excluding carboxylic acids is 3. The minimum atomic E-state index is -8.50. The van der Waals surface area contributed by atoms with Crippen molar-refractivity contribution in [2.75, 3.05) is 13.2 Å². The average molecular weight is 961 g/mol. The lowest BCUT2D eigenvalue weighted by Gasteiger charge is -2.40. The van der Waals surface area contributed by atoms with E-state index in [1.54, 1.807) is 43.3 Å². The maximum atomic E-state index is 14.7. The van der Waals surface area contributed by atoms with Crippen LogP contribution >= 0.6 is 0 Å². The molecule has 0 spiro atoms. The number of benzene rings is 3. The Morgan fingerprint density at radius 1 is 0.554 bits per heavy atom. The second-order valence-corrected chi connectivity index (χ2v) is 14.5. The molecular weight excluding hydrogens is 920 g/mol. The summed E-state index contributed by atoms with van der Waals surface area (Å²) in [6.07, 6.45) is -3.67. The number of halogens is 16. The summed E-state index contributed by atoms with van der Waals surface area (Å²) in [6, 6.07) is 15.8. The molecule has 0 bridgehead atoms. The van der Waals surface area contributed by atoms with E-state index in [2.05, 4.69) is 11.7 Å². The third-order valence-electron chi connectivity index (χ3n) is 9.58. The number of esters is 3. The van der Waals surface area contributed by atoms with Gasteiger partial charge >= 0.3 is 59.6 Å². The monoisotopic (exact) mass is 960 g/mol. The van der Waals surface area contributed by atoms with Gasteiger partial charge in [0.2, 0.25) is 0 Å². The summed E-state index contributed by atoms with van der Waals surface area (Å²) in [4.78, 5) is 36.6. The number of ether oxygens (including phenoxy) is 4. The van der Waals surface area contributed by atoms with Crippen LogP contribution in [0, 0.1) is 5.82 Å². The highest BCUT2D eigenvalue weighted by molar-refractivity contribution is 5.92. The topological polar surface area (TPSA) is 88.1 Å². The van der Waals surface area contributed by atoms with Crippen molar-refractivity contribution in [3.8, 4) is 22.6 Å². The summed E-state index contributed by atoms with van der Waals surface area (Å²) < 4.78 is 234. The lowest BCUT2D eigenvalue weighted by Crippen LogP contribution is -2.73. The van der Waals surface area contributed by atoms with Crippen LogP contribution in [0.4, 0.5) is 70.2 Å². The van der Waals surface area contributed by atoms with Gasteiger partial charge in [0.25, 0.3) is 0 Å². The molecule has 0 saturated heterocycles. The molecule has 362 valence electrons. The predicted octanol–water partition coefficient (Wildman–Crippen LogP) is 13.1. The quantitative estimate of drug-likeness (QED) is 0.0382. The molecule has 0 unspecified atom stereocenters. The predicted molar refractivity (Wildman–Crippen MR) is 198 cm³/mol. The molecule has 0 saturated carbocycles. The van der Waals surface area contributed by atoms with Crippen molar-refractivity contribution >= 4 is 17.9 Å². The van der Waals surface area contributed by atoms with Gasteiger partial charge in [-0.1, -0.05) is 50.5 Å². The molecule has 23 heteroatoms. The van der Waals surface area contributed by atoms with E-state index >= 15 is 0 Å². The van der Waals surface area contributed by atoms with Gasteiger partial charge in [-0.25, -0.2) is 18.8 Å². The van der Waals surface area contributed by atoms with Crippen LogP contribution < -0.4 is 9.47 Å². The van der Waals surface area contributed by atoms with E-state index in [0.717, 1.165) is 37.8 Å². The highest BCUT2D eigenvalue weighted by Gasteiger charge is 2.94. The van der Waals surface area contributed by atoms with Gasteiger partial charge in [0.15, 0.2) is 0 Å². The zero-order valence-electron chi connectivity index (χ0n) is 34.1. The number of hydrogen-bond acceptors (Lipinski definition) is 7. The van der Waals surface area contributed by atoms with Crippen LogP contribution in [0.5, 0.6) is 11.5 Å². The summed E-state index contributed by atoms with van der Waals surface area (Å²) in [5.74, 6) is -54.6. The van der Waals surface area contributed by atoms with E-state index in [4.69, 9.17) is 14.2 Å². The van der Waals surface area contributed by atoms with Crippen molar-refractivity contribution in [3.63, 3.8) is 0 Å². The third-order valence-corrected chi connectivity index (χ3v) is 9.58. The van der Waals surface area contributed by atoms with Crippen molar-refractivity contribution in [1.29, 1.82) is 0 Å². The van der Waals surface area contributed by atoms with Gasteiger partial charge in [-0.05, 0) is 93.0 Å². The van der Waals surface area contributed by atoms with Crippen LogP contribution in [0.3, 0.4) is 0 Å². The van der Waals surface area contributed by atoms with Gasteiger partial charge in [0, 0.05) is 6.07 Å². The maximum Gasteiger partial charge on any atom is 0.460 e. The first-order chi connectivity index (χ1) is 30.0. The van der Waals surface area contributed by atoms with E-state index in [-0.39, 0.29) is 42.7 Å². The van der Waals surface area contributed by atoms with Gasteiger partial charge in [0.1, 0.15) is 17.3 Å². The summed E-state index contributed by atoms with van der Waals surface area (Å²) in [7, 11) is 0. The molecule has 0 aromatic heterocycles. The first-order valence-corrected chi connectivity index (χ1v) is 19.5. The number of alkyl halides is 15.